The molecule has 0 aromatic rings. The van der Waals surface area contributed by atoms with E-state index in [2.05, 4.69) is 0 Å². The lowest BCUT2D eigenvalue weighted by molar-refractivity contribution is -0.110. The zero-order valence-corrected chi connectivity index (χ0v) is 4.54. The van der Waals surface area contributed by atoms with Crippen molar-refractivity contribution < 1.29 is 9.53 Å². The molecule has 1 saturated carbocycles. The van der Waals surface area contributed by atoms with Crippen molar-refractivity contribution in [3.05, 3.63) is 0 Å². The summed E-state index contributed by atoms with van der Waals surface area (Å²) in [5.41, 5.74) is 0. The summed E-state index contributed by atoms with van der Waals surface area (Å²) in [5, 5.41) is 0. The molecule has 0 aromatic heterocycles. The van der Waals surface area contributed by atoms with Crippen molar-refractivity contribution in [2.45, 2.75) is 0 Å². The summed E-state index contributed by atoms with van der Waals surface area (Å²) in [6, 6.07) is 0. The Hall–Kier alpha value is -0.370. The molecule has 0 bridgehead atoms. The van der Waals surface area contributed by atoms with Gasteiger partial charge in [0, 0.05) is 5.92 Å². The van der Waals surface area contributed by atoms with Crippen LogP contribution in [0.25, 0.3) is 0 Å². The second-order valence-corrected chi connectivity index (χ2v) is 2.58. The highest BCUT2D eigenvalue weighted by Crippen LogP contribution is 2.48. The van der Waals surface area contributed by atoms with Gasteiger partial charge in [-0.15, -0.1) is 0 Å². The van der Waals surface area contributed by atoms with Gasteiger partial charge in [0.05, 0.1) is 13.2 Å². The summed E-state index contributed by atoms with van der Waals surface area (Å²) >= 11 is 0. The van der Waals surface area contributed by atoms with Crippen LogP contribution in [-0.4, -0.2) is 19.5 Å². The highest BCUT2D eigenvalue weighted by atomic mass is 16.5. The van der Waals surface area contributed by atoms with Crippen molar-refractivity contribution >= 4 is 6.29 Å². The predicted octanol–water partition coefficient (Wildman–Crippen LogP) is 0.0777. The van der Waals surface area contributed by atoms with Crippen molar-refractivity contribution in [2.24, 2.45) is 17.8 Å². The standard InChI is InChI=1S/C6H8O2/c7-1-4-5-2-8-3-6(4)5/h1,4-6H,2-3H2/t5-,6-/m1/s1. The Morgan fingerprint density at radius 2 is 2.00 bits per heavy atom. The van der Waals surface area contributed by atoms with E-state index in [1.54, 1.807) is 0 Å². The first-order valence-corrected chi connectivity index (χ1v) is 2.96. The van der Waals surface area contributed by atoms with Gasteiger partial charge in [0.1, 0.15) is 6.29 Å². The van der Waals surface area contributed by atoms with E-state index < -0.39 is 0 Å². The highest BCUT2D eigenvalue weighted by Gasteiger charge is 2.53. The summed E-state index contributed by atoms with van der Waals surface area (Å²) < 4.78 is 5.08. The van der Waals surface area contributed by atoms with Gasteiger partial charge in [-0.25, -0.2) is 0 Å². The van der Waals surface area contributed by atoms with E-state index in [1.165, 1.54) is 0 Å². The van der Waals surface area contributed by atoms with Gasteiger partial charge in [0.15, 0.2) is 0 Å². The quantitative estimate of drug-likeness (QED) is 0.449. The molecule has 8 heavy (non-hydrogen) atoms. The molecule has 2 nitrogen and oxygen atoms in total. The minimum atomic E-state index is 0.365. The fourth-order valence-electron chi connectivity index (χ4n) is 1.49. The molecule has 2 aliphatic rings. The molecule has 2 heteroatoms. The van der Waals surface area contributed by atoms with E-state index >= 15 is 0 Å². The van der Waals surface area contributed by atoms with Crippen LogP contribution in [0.5, 0.6) is 0 Å². The number of fused-ring (bicyclic) bond motifs is 1. The molecule has 0 spiro atoms. The minimum absolute atomic E-state index is 0.365. The second kappa shape index (κ2) is 1.32. The van der Waals surface area contributed by atoms with E-state index in [9.17, 15) is 4.79 Å². The lowest BCUT2D eigenvalue weighted by Crippen LogP contribution is -1.97. The van der Waals surface area contributed by atoms with Gasteiger partial charge in [-0.2, -0.15) is 0 Å². The number of aldehydes is 1. The van der Waals surface area contributed by atoms with Crippen LogP contribution < -0.4 is 0 Å². The van der Waals surface area contributed by atoms with E-state index in [0.717, 1.165) is 19.5 Å². The Bertz CT molecular complexity index is 112. The molecule has 1 aliphatic heterocycles. The van der Waals surface area contributed by atoms with Gasteiger partial charge in [0.2, 0.25) is 0 Å². The van der Waals surface area contributed by atoms with Gasteiger partial charge in [-0.3, -0.25) is 0 Å². The van der Waals surface area contributed by atoms with Crippen LogP contribution in [0.15, 0.2) is 0 Å². The Balaban J connectivity index is 2.03. The number of hydrogen-bond donors (Lipinski definition) is 0. The molecule has 2 atom stereocenters. The first kappa shape index (κ1) is 4.50. The average molecular weight is 112 g/mol. The van der Waals surface area contributed by atoms with Crippen molar-refractivity contribution in [3.8, 4) is 0 Å². The number of hydrogen-bond acceptors (Lipinski definition) is 2. The van der Waals surface area contributed by atoms with Gasteiger partial charge in [0.25, 0.3) is 0 Å². The Kier molecular flexibility index (Phi) is 0.742. The van der Waals surface area contributed by atoms with Crippen LogP contribution in [0.4, 0.5) is 0 Å². The molecule has 0 amide bonds. The second-order valence-electron chi connectivity index (χ2n) is 2.58. The molecule has 1 heterocycles. The van der Waals surface area contributed by atoms with E-state index in [0.29, 0.717) is 17.8 Å². The average Bonchev–Trinajstić information content (AvgIpc) is 2.22. The Labute approximate surface area is 47.8 Å². The Morgan fingerprint density at radius 3 is 2.38 bits per heavy atom. The highest BCUT2D eigenvalue weighted by molar-refractivity contribution is 5.60. The number of carbonyl (C=O) groups is 1. The van der Waals surface area contributed by atoms with E-state index in [4.69, 9.17) is 4.74 Å². The van der Waals surface area contributed by atoms with Crippen LogP contribution in [0.1, 0.15) is 0 Å². The fraction of sp³-hybridized carbons (Fsp3) is 0.833. The van der Waals surface area contributed by atoms with Gasteiger partial charge >= 0.3 is 0 Å². The van der Waals surface area contributed by atoms with E-state index in [1.807, 2.05) is 0 Å². The van der Waals surface area contributed by atoms with Crippen LogP contribution in [0.3, 0.4) is 0 Å². The van der Waals surface area contributed by atoms with Crippen molar-refractivity contribution in [1.29, 1.82) is 0 Å². The number of carbonyl (C=O) groups excluding carboxylic acids is 1. The molecule has 0 radical (unpaired) electrons. The fourth-order valence-corrected chi connectivity index (χ4v) is 1.49. The molecule has 44 valence electrons. The van der Waals surface area contributed by atoms with Crippen molar-refractivity contribution in [1.82, 2.24) is 0 Å². The van der Waals surface area contributed by atoms with Crippen molar-refractivity contribution in [2.75, 3.05) is 13.2 Å². The maximum absolute atomic E-state index is 10.1. The summed E-state index contributed by atoms with van der Waals surface area (Å²) in [6.45, 7) is 1.65. The van der Waals surface area contributed by atoms with Gasteiger partial charge in [-0.05, 0) is 11.8 Å². The predicted molar refractivity (Wildman–Crippen MR) is 27.4 cm³/mol. The topological polar surface area (TPSA) is 26.3 Å². The van der Waals surface area contributed by atoms with Gasteiger partial charge < -0.3 is 9.53 Å². The van der Waals surface area contributed by atoms with Gasteiger partial charge in [-0.1, -0.05) is 0 Å². The summed E-state index contributed by atoms with van der Waals surface area (Å²) in [4.78, 5) is 10.1. The first-order valence-electron chi connectivity index (χ1n) is 2.96. The third-order valence-electron chi connectivity index (χ3n) is 2.18. The smallest absolute Gasteiger partial charge is 0.123 e. The van der Waals surface area contributed by atoms with Crippen molar-refractivity contribution in [3.63, 3.8) is 0 Å². The Morgan fingerprint density at radius 1 is 1.38 bits per heavy atom. The van der Waals surface area contributed by atoms with E-state index in [-0.39, 0.29) is 0 Å². The lowest BCUT2D eigenvalue weighted by atomic mass is 10.3. The van der Waals surface area contributed by atoms with Crippen LogP contribution in [0, 0.1) is 17.8 Å². The molecule has 2 rings (SSSR count). The third kappa shape index (κ3) is 0.388. The lowest BCUT2D eigenvalue weighted by Gasteiger charge is -1.92. The minimum Gasteiger partial charge on any atom is -0.381 e. The maximum Gasteiger partial charge on any atom is 0.123 e. The molecular formula is C6H8O2. The number of rotatable bonds is 1. The summed E-state index contributed by atoms with van der Waals surface area (Å²) in [7, 11) is 0. The summed E-state index contributed by atoms with van der Waals surface area (Å²) in [6.07, 6.45) is 1.07. The maximum atomic E-state index is 10.1. The third-order valence-corrected chi connectivity index (χ3v) is 2.18. The molecular weight excluding hydrogens is 104 g/mol. The van der Waals surface area contributed by atoms with Crippen LogP contribution in [-0.2, 0) is 9.53 Å². The monoisotopic (exact) mass is 112 g/mol. The molecule has 0 unspecified atom stereocenters. The number of ether oxygens (including phenoxy) is 1. The zero-order chi connectivity index (χ0) is 5.56. The first-order chi connectivity index (χ1) is 3.93. The SMILES string of the molecule is O=CC1[C@H]2COC[C@H]12. The van der Waals surface area contributed by atoms with Crippen LogP contribution in [0.2, 0.25) is 0 Å². The molecule has 2 fully saturated rings. The summed E-state index contributed by atoms with van der Waals surface area (Å²) in [5.74, 6) is 1.57. The van der Waals surface area contributed by atoms with Crippen LogP contribution >= 0.6 is 0 Å². The normalized spacial score (nSPS) is 50.8. The molecule has 0 N–H and O–H groups in total. The molecule has 1 saturated heterocycles. The zero-order valence-electron chi connectivity index (χ0n) is 4.54. The molecule has 1 aliphatic carbocycles. The molecule has 0 aromatic carbocycles. The largest absolute Gasteiger partial charge is 0.381 e.